The van der Waals surface area contributed by atoms with Crippen molar-refractivity contribution in [1.82, 2.24) is 34.6 Å². The van der Waals surface area contributed by atoms with Crippen LogP contribution in [0.5, 0.6) is 0 Å². The van der Waals surface area contributed by atoms with Crippen molar-refractivity contribution in [3.63, 3.8) is 0 Å². The van der Waals surface area contributed by atoms with Crippen LogP contribution in [0.15, 0.2) is 18.6 Å². The normalized spacial score (nSPS) is 11.9. The number of hydrogen-bond acceptors (Lipinski definition) is 11. The Morgan fingerprint density at radius 3 is 2.33 bits per heavy atom. The molecule has 234 valence electrons. The largest absolute Gasteiger partial charge is 0.490 e. The first-order chi connectivity index (χ1) is 19.6. The van der Waals surface area contributed by atoms with E-state index in [1.807, 2.05) is 33.0 Å². The zero-order valence-electron chi connectivity index (χ0n) is 23.2. The van der Waals surface area contributed by atoms with E-state index in [2.05, 4.69) is 25.3 Å². The fraction of sp³-hybridized carbons (Fsp3) is 0.565. The Morgan fingerprint density at radius 2 is 1.79 bits per heavy atom. The molecule has 0 amide bonds. The van der Waals surface area contributed by atoms with Gasteiger partial charge < -0.3 is 29.7 Å². The summed E-state index contributed by atoms with van der Waals surface area (Å²) in [5.41, 5.74) is 1.60. The summed E-state index contributed by atoms with van der Waals surface area (Å²) in [6, 6.07) is 1.68. The van der Waals surface area contributed by atoms with Crippen LogP contribution in [0.3, 0.4) is 0 Å². The summed E-state index contributed by atoms with van der Waals surface area (Å²) in [5.74, 6) is -1.39. The Bertz CT molecular complexity index is 1270. The monoisotopic (exact) mass is 611 g/mol. The quantitative estimate of drug-likeness (QED) is 0.217. The molecule has 0 fully saturated rings. The number of hydrogen-bond donors (Lipinski definition) is 2. The van der Waals surface area contributed by atoms with Crippen LogP contribution in [0.1, 0.15) is 12.6 Å². The van der Waals surface area contributed by atoms with E-state index >= 15 is 0 Å². The number of carbonyl (C=O) groups is 1. The average Bonchev–Trinajstić information content (AvgIpc) is 3.26. The summed E-state index contributed by atoms with van der Waals surface area (Å²) in [6.45, 7) is 2.52. The number of aromatic nitrogens is 6. The lowest BCUT2D eigenvalue weighted by molar-refractivity contribution is -0.192. The van der Waals surface area contributed by atoms with Gasteiger partial charge in [0, 0.05) is 32.9 Å². The molecular formula is C23H31F6N9O4. The van der Waals surface area contributed by atoms with Gasteiger partial charge in [0.2, 0.25) is 5.95 Å². The third-order valence-corrected chi connectivity index (χ3v) is 5.10. The van der Waals surface area contributed by atoms with Crippen LogP contribution < -0.4 is 10.2 Å². The summed E-state index contributed by atoms with van der Waals surface area (Å²) in [6.07, 6.45) is -6.50. The fourth-order valence-corrected chi connectivity index (χ4v) is 3.12. The van der Waals surface area contributed by atoms with Gasteiger partial charge in [-0.1, -0.05) is 0 Å². The minimum atomic E-state index is -5.08. The SMILES string of the molecule is CCOCc1nn(CCOCC(F)(F)F)c2c(Nc3ccncn3)nc(N(C)CCN(C)C)nc12.O=C(O)C(F)(F)F. The summed E-state index contributed by atoms with van der Waals surface area (Å²) < 4.78 is 81.2. The van der Waals surface area contributed by atoms with Crippen LogP contribution in [0, 0.1) is 0 Å². The second kappa shape index (κ2) is 15.4. The van der Waals surface area contributed by atoms with E-state index in [4.69, 9.17) is 29.3 Å². The van der Waals surface area contributed by atoms with Crippen molar-refractivity contribution in [3.8, 4) is 0 Å². The Labute approximate surface area is 236 Å². The molecule has 0 atom stereocenters. The van der Waals surface area contributed by atoms with Crippen molar-refractivity contribution in [2.45, 2.75) is 32.4 Å². The van der Waals surface area contributed by atoms with Gasteiger partial charge in [0.25, 0.3) is 0 Å². The summed E-state index contributed by atoms with van der Waals surface area (Å²) in [5, 5.41) is 14.9. The highest BCUT2D eigenvalue weighted by Crippen LogP contribution is 2.28. The van der Waals surface area contributed by atoms with Gasteiger partial charge in [0.1, 0.15) is 35.5 Å². The van der Waals surface area contributed by atoms with Gasteiger partial charge >= 0.3 is 18.3 Å². The van der Waals surface area contributed by atoms with E-state index in [1.165, 1.54) is 11.0 Å². The molecule has 3 heterocycles. The summed E-state index contributed by atoms with van der Waals surface area (Å²) in [4.78, 5) is 30.4. The molecule has 0 saturated heterocycles. The number of anilines is 3. The number of alkyl halides is 6. The maximum absolute atomic E-state index is 12.5. The molecule has 3 aromatic heterocycles. The average molecular weight is 612 g/mol. The van der Waals surface area contributed by atoms with E-state index < -0.39 is 24.9 Å². The van der Waals surface area contributed by atoms with Gasteiger partial charge in [-0.15, -0.1) is 0 Å². The van der Waals surface area contributed by atoms with Gasteiger partial charge in [-0.2, -0.15) is 36.4 Å². The molecule has 0 aromatic carbocycles. The minimum absolute atomic E-state index is 0.0658. The number of carboxylic acids is 1. The number of nitrogens with zero attached hydrogens (tertiary/aromatic N) is 8. The lowest BCUT2D eigenvalue weighted by atomic mass is 10.3. The van der Waals surface area contributed by atoms with Crippen LogP contribution >= 0.6 is 0 Å². The van der Waals surface area contributed by atoms with Crippen molar-refractivity contribution < 1.29 is 45.7 Å². The van der Waals surface area contributed by atoms with Gasteiger partial charge in [-0.25, -0.2) is 19.7 Å². The molecule has 19 heteroatoms. The molecule has 3 aromatic rings. The van der Waals surface area contributed by atoms with Gasteiger partial charge in [0.05, 0.1) is 19.8 Å². The summed E-state index contributed by atoms with van der Waals surface area (Å²) in [7, 11) is 5.84. The molecule has 0 aliphatic heterocycles. The standard InChI is InChI=1S/C21H30F3N9O2.C2HF3O2/c1-5-34-12-15-17-18(33(30-15)10-11-35-13-21(22,23)24)19(27-16-6-7-25-14-26-16)29-20(28-17)32(4)9-8-31(2)3;3-2(4,5)1(6)7/h6-7,14H,5,8-13H2,1-4H3,(H,25,26,27,28,29);(H,6,7). The highest BCUT2D eigenvalue weighted by molar-refractivity contribution is 5.90. The molecule has 0 radical (unpaired) electrons. The topological polar surface area (TPSA) is 144 Å². The van der Waals surface area contributed by atoms with E-state index in [9.17, 15) is 26.3 Å². The first kappa shape index (κ1) is 34.4. The first-order valence-electron chi connectivity index (χ1n) is 12.3. The predicted octanol–water partition coefficient (Wildman–Crippen LogP) is 3.11. The first-order valence-corrected chi connectivity index (χ1v) is 12.3. The van der Waals surface area contributed by atoms with Crippen LogP contribution in [0.25, 0.3) is 11.0 Å². The Hall–Kier alpha value is -3.84. The van der Waals surface area contributed by atoms with Gasteiger partial charge in [0.15, 0.2) is 5.82 Å². The van der Waals surface area contributed by atoms with Crippen molar-refractivity contribution in [3.05, 3.63) is 24.3 Å². The molecule has 13 nitrogen and oxygen atoms in total. The molecule has 0 unspecified atom stereocenters. The van der Waals surface area contributed by atoms with Crippen LogP contribution in [0.2, 0.25) is 0 Å². The van der Waals surface area contributed by atoms with Gasteiger partial charge in [-0.3, -0.25) is 4.68 Å². The number of fused-ring (bicyclic) bond motifs is 1. The van der Waals surface area contributed by atoms with Crippen LogP contribution in [-0.2, 0) is 27.4 Å². The van der Waals surface area contributed by atoms with Crippen LogP contribution in [-0.4, -0.2) is 112 Å². The molecule has 0 saturated carbocycles. The third-order valence-electron chi connectivity index (χ3n) is 5.10. The minimum Gasteiger partial charge on any atom is -0.475 e. The van der Waals surface area contributed by atoms with Crippen molar-refractivity contribution in [2.24, 2.45) is 0 Å². The van der Waals surface area contributed by atoms with Crippen molar-refractivity contribution >= 4 is 34.6 Å². The number of halogens is 6. The lowest BCUT2D eigenvalue weighted by Crippen LogP contribution is -2.29. The third kappa shape index (κ3) is 11.2. The number of aliphatic carboxylic acids is 1. The molecule has 0 bridgehead atoms. The molecule has 0 aliphatic carbocycles. The Balaban J connectivity index is 0.000000782. The highest BCUT2D eigenvalue weighted by atomic mass is 19.4. The number of ether oxygens (including phenoxy) is 2. The molecule has 0 spiro atoms. The molecule has 3 rings (SSSR count). The number of rotatable bonds is 13. The van der Waals surface area contributed by atoms with Crippen molar-refractivity contribution in [2.75, 3.05) is 64.3 Å². The second-order valence-corrected chi connectivity index (χ2v) is 8.79. The smallest absolute Gasteiger partial charge is 0.475 e. The molecular weight excluding hydrogens is 580 g/mol. The number of nitrogens with one attached hydrogen (secondary N) is 1. The zero-order chi connectivity index (χ0) is 31.5. The maximum Gasteiger partial charge on any atom is 0.490 e. The Kier molecular flexibility index (Phi) is 12.6. The lowest BCUT2D eigenvalue weighted by Gasteiger charge is -2.20. The maximum atomic E-state index is 12.5. The molecule has 42 heavy (non-hydrogen) atoms. The molecule has 2 N–H and O–H groups in total. The predicted molar refractivity (Wildman–Crippen MR) is 138 cm³/mol. The Morgan fingerprint density at radius 1 is 1.10 bits per heavy atom. The number of carboxylic acid groups (broad SMARTS) is 1. The van der Waals surface area contributed by atoms with E-state index in [0.29, 0.717) is 47.5 Å². The highest BCUT2D eigenvalue weighted by Gasteiger charge is 2.38. The molecule has 0 aliphatic rings. The fourth-order valence-electron chi connectivity index (χ4n) is 3.12. The van der Waals surface area contributed by atoms with E-state index in [1.54, 1.807) is 12.3 Å². The summed E-state index contributed by atoms with van der Waals surface area (Å²) >= 11 is 0. The van der Waals surface area contributed by atoms with E-state index in [0.717, 1.165) is 6.54 Å². The second-order valence-electron chi connectivity index (χ2n) is 8.79. The zero-order valence-corrected chi connectivity index (χ0v) is 23.2. The van der Waals surface area contributed by atoms with E-state index in [-0.39, 0.29) is 19.8 Å². The van der Waals surface area contributed by atoms with Crippen LogP contribution in [0.4, 0.5) is 43.9 Å². The van der Waals surface area contributed by atoms with Gasteiger partial charge in [-0.05, 0) is 27.1 Å². The number of likely N-dealkylation sites (N-methyl/N-ethyl adjacent to an activating group) is 2. The van der Waals surface area contributed by atoms with Crippen molar-refractivity contribution in [1.29, 1.82) is 0 Å².